The molecule has 2 N–H and O–H groups in total. The fraction of sp³-hybridized carbons (Fsp3) is 0.400. The van der Waals surface area contributed by atoms with Crippen molar-refractivity contribution < 1.29 is 23.1 Å². The fourth-order valence-corrected chi connectivity index (χ4v) is 4.61. The minimum absolute atomic E-state index is 0.113. The molecule has 0 spiro atoms. The Labute approximate surface area is 201 Å². The number of morpholine rings is 1. The summed E-state index contributed by atoms with van der Waals surface area (Å²) in [6.45, 7) is 4.59. The highest BCUT2D eigenvalue weighted by Gasteiger charge is 2.29. The van der Waals surface area contributed by atoms with E-state index in [-0.39, 0.29) is 17.4 Å². The first kappa shape index (κ1) is 23.4. The van der Waals surface area contributed by atoms with Gasteiger partial charge in [0.15, 0.2) is 0 Å². The predicted octanol–water partition coefficient (Wildman–Crippen LogP) is 3.16. The second kappa shape index (κ2) is 10.1. The first-order valence-corrected chi connectivity index (χ1v) is 11.8. The largest absolute Gasteiger partial charge is 0.379 e. The summed E-state index contributed by atoms with van der Waals surface area (Å²) in [6, 6.07) is 8.51. The van der Waals surface area contributed by atoms with E-state index in [9.17, 15) is 18.4 Å². The highest BCUT2D eigenvalue weighted by atomic mass is 19.1. The second-order valence-electron chi connectivity index (χ2n) is 8.98. The SMILES string of the molecule is O=C(Nc1ccc2nc(CN3CCOCC3)[nH]c2c1)C1CCN(C(=O)c2ccc(F)cc2F)CC1. The van der Waals surface area contributed by atoms with Crippen molar-refractivity contribution in [1.29, 1.82) is 0 Å². The Balaban J connectivity index is 1.17. The topological polar surface area (TPSA) is 90.6 Å². The van der Waals surface area contributed by atoms with Gasteiger partial charge in [-0.25, -0.2) is 13.8 Å². The van der Waals surface area contributed by atoms with Crippen molar-refractivity contribution in [2.24, 2.45) is 5.92 Å². The highest BCUT2D eigenvalue weighted by Crippen LogP contribution is 2.24. The number of carbonyl (C=O) groups is 2. The molecule has 0 aliphatic carbocycles. The molecule has 5 rings (SSSR count). The maximum Gasteiger partial charge on any atom is 0.256 e. The van der Waals surface area contributed by atoms with E-state index in [2.05, 4.69) is 20.2 Å². The van der Waals surface area contributed by atoms with Crippen molar-refractivity contribution in [1.82, 2.24) is 19.8 Å². The van der Waals surface area contributed by atoms with Crippen LogP contribution in [0.3, 0.4) is 0 Å². The molecule has 0 radical (unpaired) electrons. The molecular formula is C25H27F2N5O3. The zero-order valence-corrected chi connectivity index (χ0v) is 19.2. The molecule has 10 heteroatoms. The number of hydrogen-bond donors (Lipinski definition) is 2. The maximum atomic E-state index is 14.0. The number of likely N-dealkylation sites (tertiary alicyclic amines) is 1. The number of H-pyrrole nitrogens is 1. The number of rotatable bonds is 5. The first-order chi connectivity index (χ1) is 17.0. The number of hydrogen-bond acceptors (Lipinski definition) is 5. The Morgan fingerprint density at radius 2 is 1.83 bits per heavy atom. The lowest BCUT2D eigenvalue weighted by Gasteiger charge is -2.31. The molecule has 2 aliphatic heterocycles. The summed E-state index contributed by atoms with van der Waals surface area (Å²) < 4.78 is 32.5. The van der Waals surface area contributed by atoms with Crippen molar-refractivity contribution in [3.63, 3.8) is 0 Å². The van der Waals surface area contributed by atoms with Crippen LogP contribution in [0.2, 0.25) is 0 Å². The Kier molecular flexibility index (Phi) is 6.74. The van der Waals surface area contributed by atoms with Crippen LogP contribution in [-0.2, 0) is 16.1 Å². The number of amides is 2. The Hall–Kier alpha value is -3.37. The van der Waals surface area contributed by atoms with Crippen LogP contribution in [0.15, 0.2) is 36.4 Å². The number of halogens is 2. The molecule has 35 heavy (non-hydrogen) atoms. The van der Waals surface area contributed by atoms with Crippen molar-refractivity contribution in [2.45, 2.75) is 19.4 Å². The number of aromatic amines is 1. The number of carbonyl (C=O) groups excluding carboxylic acids is 2. The number of nitrogens with one attached hydrogen (secondary N) is 2. The summed E-state index contributed by atoms with van der Waals surface area (Å²) >= 11 is 0. The standard InChI is InChI=1S/C25H27F2N5O3/c26-17-1-3-19(20(27)13-17)25(34)32-7-5-16(6-8-32)24(33)28-18-2-4-21-22(14-18)30-23(29-21)15-31-9-11-35-12-10-31/h1-4,13-14,16H,5-12,15H2,(H,28,33)(H,29,30). The van der Waals surface area contributed by atoms with Crippen molar-refractivity contribution in [3.05, 3.63) is 59.4 Å². The lowest BCUT2D eigenvalue weighted by Crippen LogP contribution is -2.41. The molecule has 1 aromatic heterocycles. The van der Waals surface area contributed by atoms with Gasteiger partial charge in [-0.05, 0) is 43.2 Å². The van der Waals surface area contributed by atoms with E-state index in [4.69, 9.17) is 4.74 Å². The van der Waals surface area contributed by atoms with Crippen LogP contribution in [-0.4, -0.2) is 71.0 Å². The van der Waals surface area contributed by atoms with Crippen LogP contribution in [0, 0.1) is 17.6 Å². The number of piperidine rings is 1. The van der Waals surface area contributed by atoms with Crippen LogP contribution in [0.1, 0.15) is 29.0 Å². The zero-order valence-electron chi connectivity index (χ0n) is 19.2. The van der Waals surface area contributed by atoms with Gasteiger partial charge in [0.2, 0.25) is 5.91 Å². The quantitative estimate of drug-likeness (QED) is 0.582. The van der Waals surface area contributed by atoms with Crippen LogP contribution in [0.4, 0.5) is 14.5 Å². The van der Waals surface area contributed by atoms with Crippen molar-refractivity contribution in [3.8, 4) is 0 Å². The van der Waals surface area contributed by atoms with Crippen LogP contribution in [0.25, 0.3) is 11.0 Å². The third-order valence-electron chi connectivity index (χ3n) is 6.59. The van der Waals surface area contributed by atoms with E-state index in [0.717, 1.165) is 61.8 Å². The third-order valence-corrected chi connectivity index (χ3v) is 6.59. The molecule has 8 nitrogen and oxygen atoms in total. The molecule has 2 aromatic carbocycles. The minimum Gasteiger partial charge on any atom is -0.379 e. The third kappa shape index (κ3) is 5.33. The Morgan fingerprint density at radius 1 is 1.06 bits per heavy atom. The molecule has 2 amide bonds. The average molecular weight is 484 g/mol. The van der Waals surface area contributed by atoms with Gasteiger partial charge in [-0.1, -0.05) is 0 Å². The summed E-state index contributed by atoms with van der Waals surface area (Å²) in [5.41, 5.74) is 2.21. The van der Waals surface area contributed by atoms with Crippen LogP contribution >= 0.6 is 0 Å². The lowest BCUT2D eigenvalue weighted by molar-refractivity contribution is -0.121. The van der Waals surface area contributed by atoms with E-state index in [1.807, 2.05) is 18.2 Å². The van der Waals surface area contributed by atoms with Crippen molar-refractivity contribution >= 4 is 28.5 Å². The Bertz CT molecular complexity index is 1230. The summed E-state index contributed by atoms with van der Waals surface area (Å²) in [5, 5.41) is 2.97. The maximum absolute atomic E-state index is 14.0. The average Bonchev–Trinajstić information content (AvgIpc) is 3.26. The number of ether oxygens (including phenoxy) is 1. The number of anilines is 1. The van der Waals surface area contributed by atoms with Gasteiger partial charge in [-0.3, -0.25) is 14.5 Å². The molecule has 3 aromatic rings. The molecular weight excluding hydrogens is 456 g/mol. The smallest absolute Gasteiger partial charge is 0.256 e. The molecule has 0 bridgehead atoms. The lowest BCUT2D eigenvalue weighted by atomic mass is 9.95. The predicted molar refractivity (Wildman–Crippen MR) is 126 cm³/mol. The summed E-state index contributed by atoms with van der Waals surface area (Å²) in [5.74, 6) is -1.59. The van der Waals surface area contributed by atoms with E-state index in [0.29, 0.717) is 37.7 Å². The molecule has 0 unspecified atom stereocenters. The number of aromatic nitrogens is 2. The fourth-order valence-electron chi connectivity index (χ4n) is 4.61. The van der Waals surface area contributed by atoms with Crippen LogP contribution < -0.4 is 5.32 Å². The van der Waals surface area contributed by atoms with Gasteiger partial charge in [0.05, 0.1) is 36.4 Å². The normalized spacial score (nSPS) is 17.6. The van der Waals surface area contributed by atoms with E-state index in [1.165, 1.54) is 4.90 Å². The first-order valence-electron chi connectivity index (χ1n) is 11.8. The van der Waals surface area contributed by atoms with Gasteiger partial charge >= 0.3 is 0 Å². The molecule has 0 atom stereocenters. The minimum atomic E-state index is -0.878. The molecule has 2 saturated heterocycles. The number of nitrogens with zero attached hydrogens (tertiary/aromatic N) is 3. The van der Waals surface area contributed by atoms with Gasteiger partial charge in [0.25, 0.3) is 5.91 Å². The second-order valence-corrected chi connectivity index (χ2v) is 8.98. The summed E-state index contributed by atoms with van der Waals surface area (Å²) in [4.78, 5) is 37.2. The highest BCUT2D eigenvalue weighted by molar-refractivity contribution is 5.96. The monoisotopic (exact) mass is 483 g/mol. The van der Waals surface area contributed by atoms with Gasteiger partial charge in [-0.15, -0.1) is 0 Å². The van der Waals surface area contributed by atoms with E-state index < -0.39 is 17.5 Å². The molecule has 184 valence electrons. The number of imidazole rings is 1. The number of benzene rings is 2. The van der Waals surface area contributed by atoms with Gasteiger partial charge in [0, 0.05) is 43.9 Å². The zero-order chi connectivity index (χ0) is 24.4. The molecule has 3 heterocycles. The Morgan fingerprint density at radius 3 is 2.57 bits per heavy atom. The van der Waals surface area contributed by atoms with Crippen LogP contribution in [0.5, 0.6) is 0 Å². The van der Waals surface area contributed by atoms with Gasteiger partial charge in [0.1, 0.15) is 17.5 Å². The molecule has 0 saturated carbocycles. The molecule has 2 aliphatic rings. The summed E-state index contributed by atoms with van der Waals surface area (Å²) in [6.07, 6.45) is 0.937. The van der Waals surface area contributed by atoms with E-state index >= 15 is 0 Å². The van der Waals surface area contributed by atoms with Crippen molar-refractivity contribution in [2.75, 3.05) is 44.7 Å². The van der Waals surface area contributed by atoms with Gasteiger partial charge in [-0.2, -0.15) is 0 Å². The van der Waals surface area contributed by atoms with Gasteiger partial charge < -0.3 is 19.9 Å². The molecule has 2 fully saturated rings. The number of fused-ring (bicyclic) bond motifs is 1. The van der Waals surface area contributed by atoms with E-state index in [1.54, 1.807) is 0 Å². The summed E-state index contributed by atoms with van der Waals surface area (Å²) in [7, 11) is 0.